The van der Waals surface area contributed by atoms with E-state index in [0.29, 0.717) is 17.5 Å². The molecule has 5 heterocycles. The van der Waals surface area contributed by atoms with Crippen molar-refractivity contribution in [2.75, 3.05) is 24.5 Å². The summed E-state index contributed by atoms with van der Waals surface area (Å²) in [7, 11) is 0. The lowest BCUT2D eigenvalue weighted by molar-refractivity contribution is 0.343. The normalized spacial score (nSPS) is 21.2. The summed E-state index contributed by atoms with van der Waals surface area (Å²) < 4.78 is 46.5. The molecule has 2 saturated heterocycles. The lowest BCUT2D eigenvalue weighted by atomic mass is 10.0. The molecule has 0 amide bonds. The van der Waals surface area contributed by atoms with Gasteiger partial charge in [0.1, 0.15) is 23.6 Å². The molecule has 10 heteroatoms. The molecule has 7 nitrogen and oxygen atoms in total. The maximum absolute atomic E-state index is 14.5. The van der Waals surface area contributed by atoms with Gasteiger partial charge in [0.05, 0.1) is 36.2 Å². The molecule has 4 aromatic rings. The van der Waals surface area contributed by atoms with E-state index in [2.05, 4.69) is 15.4 Å². The van der Waals surface area contributed by atoms with Crippen LogP contribution in [0, 0.1) is 11.6 Å². The van der Waals surface area contributed by atoms with Crippen LogP contribution in [-0.2, 0) is 0 Å². The quantitative estimate of drug-likeness (QED) is 0.441. The van der Waals surface area contributed by atoms with Crippen LogP contribution < -0.4 is 10.2 Å². The number of aromatic nitrogens is 5. The minimum atomic E-state index is -1.17. The fourth-order valence-corrected chi connectivity index (χ4v) is 5.14. The van der Waals surface area contributed by atoms with Crippen molar-refractivity contribution in [2.24, 2.45) is 0 Å². The zero-order valence-corrected chi connectivity index (χ0v) is 19.6. The number of anilines is 1. The van der Waals surface area contributed by atoms with Crippen molar-refractivity contribution in [1.29, 1.82) is 0 Å². The van der Waals surface area contributed by atoms with Gasteiger partial charge in [0, 0.05) is 18.2 Å². The van der Waals surface area contributed by atoms with Gasteiger partial charge >= 0.3 is 0 Å². The van der Waals surface area contributed by atoms with Crippen LogP contribution in [0.25, 0.3) is 17.8 Å². The van der Waals surface area contributed by atoms with E-state index in [4.69, 9.17) is 5.10 Å². The number of imidazole rings is 1. The summed E-state index contributed by atoms with van der Waals surface area (Å²) in [5.41, 5.74) is 2.32. The zero-order valence-electron chi connectivity index (χ0n) is 19.6. The van der Waals surface area contributed by atoms with Crippen LogP contribution in [0.1, 0.15) is 48.3 Å². The molecular formula is C26H26F3N7. The second kappa shape index (κ2) is 9.42. The lowest BCUT2D eigenvalue weighted by Gasteiger charge is -2.26. The molecule has 2 fully saturated rings. The summed E-state index contributed by atoms with van der Waals surface area (Å²) in [5, 5.41) is 12.7. The first-order valence-corrected chi connectivity index (χ1v) is 12.2. The number of piperidine rings is 1. The number of rotatable bonds is 5. The summed E-state index contributed by atoms with van der Waals surface area (Å²) in [6, 6.07) is 8.54. The zero-order chi connectivity index (χ0) is 24.6. The SMILES string of the molecule is Fc1ccc(F)c([C@H]2C[C@H](F)CN2c2ccc3ncc(/C=C\c4ccn(C5CCNCC5)n4)n3n2)c1. The van der Waals surface area contributed by atoms with E-state index in [1.54, 1.807) is 27.7 Å². The van der Waals surface area contributed by atoms with Crippen molar-refractivity contribution in [1.82, 2.24) is 29.7 Å². The van der Waals surface area contributed by atoms with Gasteiger partial charge in [-0.25, -0.2) is 22.7 Å². The number of alkyl halides is 1. The number of hydrogen-bond acceptors (Lipinski definition) is 5. The Balaban J connectivity index is 1.28. The Morgan fingerprint density at radius 3 is 2.72 bits per heavy atom. The van der Waals surface area contributed by atoms with Crippen molar-refractivity contribution < 1.29 is 13.2 Å². The maximum Gasteiger partial charge on any atom is 0.154 e. The molecule has 186 valence electrons. The largest absolute Gasteiger partial charge is 0.345 e. The van der Waals surface area contributed by atoms with Crippen molar-refractivity contribution in [3.05, 3.63) is 77.4 Å². The first-order valence-electron chi connectivity index (χ1n) is 12.2. The standard InChI is InChI=1S/C26H26F3N7/c27-17-1-4-23(29)22(13-17)24-14-18(28)16-34(24)26-6-5-25-31-15-21(36(25)33-26)3-2-19-9-12-35(32-19)20-7-10-30-11-8-20/h1-6,9,12-13,15,18,20,24,30H,7-8,10-11,14,16H2/b3-2-/t18-,24+/m0/s1. The predicted molar refractivity (Wildman–Crippen MR) is 131 cm³/mol. The van der Waals surface area contributed by atoms with Gasteiger partial charge in [-0.3, -0.25) is 4.68 Å². The van der Waals surface area contributed by atoms with Crippen LogP contribution in [0.2, 0.25) is 0 Å². The third-order valence-electron chi connectivity index (χ3n) is 6.97. The minimum absolute atomic E-state index is 0.0487. The van der Waals surface area contributed by atoms with Crippen LogP contribution in [0.4, 0.5) is 19.0 Å². The van der Waals surface area contributed by atoms with Gasteiger partial charge in [0.25, 0.3) is 0 Å². The van der Waals surface area contributed by atoms with E-state index in [1.807, 2.05) is 29.1 Å². The van der Waals surface area contributed by atoms with Crippen molar-refractivity contribution in [3.8, 4) is 0 Å². The summed E-state index contributed by atoms with van der Waals surface area (Å²) >= 11 is 0. The lowest BCUT2D eigenvalue weighted by Crippen LogP contribution is -2.29. The second-order valence-corrected chi connectivity index (χ2v) is 9.35. The average molecular weight is 494 g/mol. The molecule has 0 radical (unpaired) electrons. The summed E-state index contributed by atoms with van der Waals surface area (Å²) in [4.78, 5) is 6.10. The van der Waals surface area contributed by atoms with E-state index in [-0.39, 0.29) is 18.5 Å². The predicted octanol–water partition coefficient (Wildman–Crippen LogP) is 4.59. The smallest absolute Gasteiger partial charge is 0.154 e. The van der Waals surface area contributed by atoms with E-state index in [9.17, 15) is 13.2 Å². The molecule has 1 aromatic carbocycles. The van der Waals surface area contributed by atoms with Crippen molar-refractivity contribution in [2.45, 2.75) is 37.5 Å². The number of benzene rings is 1. The molecule has 1 N–H and O–H groups in total. The van der Waals surface area contributed by atoms with Gasteiger partial charge in [-0.1, -0.05) is 0 Å². The summed E-state index contributed by atoms with van der Waals surface area (Å²) in [6.07, 6.45) is 8.52. The van der Waals surface area contributed by atoms with Crippen LogP contribution in [-0.4, -0.2) is 50.2 Å². The van der Waals surface area contributed by atoms with Gasteiger partial charge in [-0.05, 0) is 74.5 Å². The third-order valence-corrected chi connectivity index (χ3v) is 6.97. The van der Waals surface area contributed by atoms with E-state index >= 15 is 0 Å². The molecule has 2 aliphatic rings. The van der Waals surface area contributed by atoms with Crippen LogP contribution in [0.3, 0.4) is 0 Å². The number of halogens is 3. The van der Waals surface area contributed by atoms with Crippen LogP contribution in [0.5, 0.6) is 0 Å². The molecule has 6 rings (SSSR count). The average Bonchev–Trinajstić information content (AvgIpc) is 3.63. The molecule has 0 unspecified atom stereocenters. The number of hydrogen-bond donors (Lipinski definition) is 1. The second-order valence-electron chi connectivity index (χ2n) is 9.35. The topological polar surface area (TPSA) is 63.3 Å². The monoisotopic (exact) mass is 493 g/mol. The molecule has 0 bridgehead atoms. The molecule has 2 aliphatic heterocycles. The molecule has 0 saturated carbocycles. The maximum atomic E-state index is 14.5. The van der Waals surface area contributed by atoms with Crippen LogP contribution in [0.15, 0.2) is 48.8 Å². The number of nitrogens with zero attached hydrogens (tertiary/aromatic N) is 6. The number of fused-ring (bicyclic) bond motifs is 1. The van der Waals surface area contributed by atoms with Gasteiger partial charge in [-0.2, -0.15) is 5.10 Å². The summed E-state index contributed by atoms with van der Waals surface area (Å²) in [5.74, 6) is -0.641. The number of nitrogens with one attached hydrogen (secondary N) is 1. The molecule has 3 aromatic heterocycles. The van der Waals surface area contributed by atoms with Crippen molar-refractivity contribution >= 4 is 23.6 Å². The van der Waals surface area contributed by atoms with Crippen LogP contribution >= 0.6 is 0 Å². The van der Waals surface area contributed by atoms with E-state index in [1.165, 1.54) is 0 Å². The Morgan fingerprint density at radius 2 is 1.86 bits per heavy atom. The Labute approximate surface area is 206 Å². The molecular weight excluding hydrogens is 467 g/mol. The minimum Gasteiger partial charge on any atom is -0.345 e. The van der Waals surface area contributed by atoms with Crippen molar-refractivity contribution in [3.63, 3.8) is 0 Å². The fourth-order valence-electron chi connectivity index (χ4n) is 5.14. The highest BCUT2D eigenvalue weighted by Gasteiger charge is 2.36. The Kier molecular flexibility index (Phi) is 5.96. The molecule has 36 heavy (non-hydrogen) atoms. The van der Waals surface area contributed by atoms with Gasteiger partial charge in [0.15, 0.2) is 5.65 Å². The van der Waals surface area contributed by atoms with E-state index in [0.717, 1.165) is 55.5 Å². The highest BCUT2D eigenvalue weighted by atomic mass is 19.1. The molecule has 0 spiro atoms. The van der Waals surface area contributed by atoms with Gasteiger partial charge < -0.3 is 10.2 Å². The fraction of sp³-hybridized carbons (Fsp3) is 0.346. The Bertz CT molecular complexity index is 1410. The Hall–Kier alpha value is -3.66. The highest BCUT2D eigenvalue weighted by Crippen LogP contribution is 2.38. The molecule has 2 atom stereocenters. The Morgan fingerprint density at radius 1 is 1.00 bits per heavy atom. The first-order chi connectivity index (χ1) is 17.5. The first kappa shape index (κ1) is 22.8. The summed E-state index contributed by atoms with van der Waals surface area (Å²) in [6.45, 7) is 2.05. The highest BCUT2D eigenvalue weighted by molar-refractivity contribution is 5.67. The van der Waals surface area contributed by atoms with Gasteiger partial charge in [-0.15, -0.1) is 5.10 Å². The third kappa shape index (κ3) is 4.37. The van der Waals surface area contributed by atoms with Gasteiger partial charge in [0.2, 0.25) is 0 Å². The van der Waals surface area contributed by atoms with E-state index < -0.39 is 23.8 Å². The molecule has 0 aliphatic carbocycles.